The van der Waals surface area contributed by atoms with Crippen LogP contribution < -0.4 is 10.1 Å². The van der Waals surface area contributed by atoms with Gasteiger partial charge in [-0.1, -0.05) is 11.6 Å². The van der Waals surface area contributed by atoms with Gasteiger partial charge in [0.15, 0.2) is 0 Å². The standard InChI is InChI=1S/C9H10ClNO/c1-12-9-5-6(10)4-8-7(9)2-3-11-8/h4-5,11H,2-3H2,1H3. The Hall–Kier alpha value is -0.890. The molecule has 2 nitrogen and oxygen atoms in total. The van der Waals surface area contributed by atoms with Gasteiger partial charge in [0.2, 0.25) is 0 Å². The first-order valence-corrected chi connectivity index (χ1v) is 4.29. The van der Waals surface area contributed by atoms with Gasteiger partial charge in [0.05, 0.1) is 7.11 Å². The fraction of sp³-hybridized carbons (Fsp3) is 0.333. The maximum atomic E-state index is 5.89. The highest BCUT2D eigenvalue weighted by atomic mass is 35.5. The zero-order valence-electron chi connectivity index (χ0n) is 6.86. The first kappa shape index (κ1) is 7.74. The second-order valence-electron chi connectivity index (χ2n) is 2.81. The van der Waals surface area contributed by atoms with E-state index < -0.39 is 0 Å². The quantitative estimate of drug-likeness (QED) is 0.722. The maximum absolute atomic E-state index is 5.89. The van der Waals surface area contributed by atoms with Crippen LogP contribution in [0.1, 0.15) is 5.56 Å². The molecule has 1 aliphatic heterocycles. The van der Waals surface area contributed by atoms with E-state index in [1.807, 2.05) is 12.1 Å². The van der Waals surface area contributed by atoms with Gasteiger partial charge in [0, 0.05) is 22.8 Å². The largest absolute Gasteiger partial charge is 0.496 e. The molecule has 0 atom stereocenters. The summed E-state index contributed by atoms with van der Waals surface area (Å²) in [6.45, 7) is 0.978. The summed E-state index contributed by atoms with van der Waals surface area (Å²) in [6, 6.07) is 3.79. The molecule has 0 unspecified atom stereocenters. The number of halogens is 1. The summed E-state index contributed by atoms with van der Waals surface area (Å²) in [7, 11) is 1.67. The highest BCUT2D eigenvalue weighted by Crippen LogP contribution is 2.34. The van der Waals surface area contributed by atoms with Gasteiger partial charge in [0.1, 0.15) is 5.75 Å². The van der Waals surface area contributed by atoms with Crippen molar-refractivity contribution in [1.82, 2.24) is 0 Å². The van der Waals surface area contributed by atoms with Crippen molar-refractivity contribution in [3.05, 3.63) is 22.7 Å². The lowest BCUT2D eigenvalue weighted by Gasteiger charge is -2.06. The van der Waals surface area contributed by atoms with Crippen molar-refractivity contribution in [3.63, 3.8) is 0 Å². The van der Waals surface area contributed by atoms with E-state index in [4.69, 9.17) is 16.3 Å². The Morgan fingerprint density at radius 2 is 2.33 bits per heavy atom. The number of hydrogen-bond acceptors (Lipinski definition) is 2. The lowest BCUT2D eigenvalue weighted by atomic mass is 10.1. The lowest BCUT2D eigenvalue weighted by molar-refractivity contribution is 0.411. The Balaban J connectivity index is 2.55. The summed E-state index contributed by atoms with van der Waals surface area (Å²) < 4.78 is 5.21. The molecule has 0 fully saturated rings. The number of benzene rings is 1. The van der Waals surface area contributed by atoms with E-state index >= 15 is 0 Å². The summed E-state index contributed by atoms with van der Waals surface area (Å²) in [4.78, 5) is 0. The van der Waals surface area contributed by atoms with Crippen LogP contribution in [0.3, 0.4) is 0 Å². The van der Waals surface area contributed by atoms with E-state index in [1.165, 1.54) is 5.56 Å². The third-order valence-electron chi connectivity index (χ3n) is 2.08. The molecule has 0 aromatic heterocycles. The fourth-order valence-electron chi connectivity index (χ4n) is 1.53. The minimum atomic E-state index is 0.722. The van der Waals surface area contributed by atoms with Crippen LogP contribution in [0, 0.1) is 0 Å². The van der Waals surface area contributed by atoms with Gasteiger partial charge < -0.3 is 10.1 Å². The molecule has 0 amide bonds. The predicted molar refractivity (Wildman–Crippen MR) is 50.2 cm³/mol. The van der Waals surface area contributed by atoms with E-state index in [0.29, 0.717) is 0 Å². The van der Waals surface area contributed by atoms with Crippen molar-refractivity contribution in [1.29, 1.82) is 0 Å². The van der Waals surface area contributed by atoms with Gasteiger partial charge in [-0.15, -0.1) is 0 Å². The summed E-state index contributed by atoms with van der Waals surface area (Å²) in [5.74, 6) is 0.891. The van der Waals surface area contributed by atoms with Gasteiger partial charge in [-0.2, -0.15) is 0 Å². The molecule has 0 spiro atoms. The molecule has 0 saturated heterocycles. The zero-order valence-corrected chi connectivity index (χ0v) is 7.61. The maximum Gasteiger partial charge on any atom is 0.125 e. The van der Waals surface area contributed by atoms with Gasteiger partial charge in [0.25, 0.3) is 0 Å². The molecule has 1 aromatic carbocycles. The smallest absolute Gasteiger partial charge is 0.125 e. The molecule has 1 aromatic rings. The van der Waals surface area contributed by atoms with Crippen molar-refractivity contribution < 1.29 is 4.74 Å². The summed E-state index contributed by atoms with van der Waals surface area (Å²) in [6.07, 6.45) is 1.02. The van der Waals surface area contributed by atoms with Crippen molar-refractivity contribution in [3.8, 4) is 5.75 Å². The molecule has 64 valence electrons. The molecule has 1 aliphatic rings. The molecule has 1 heterocycles. The Bertz CT molecular complexity index is 312. The molecular formula is C9H10ClNO. The summed E-state index contributed by atoms with van der Waals surface area (Å²) in [5.41, 5.74) is 2.35. The van der Waals surface area contributed by atoms with Crippen molar-refractivity contribution >= 4 is 17.3 Å². The molecule has 12 heavy (non-hydrogen) atoms. The molecule has 1 N–H and O–H groups in total. The van der Waals surface area contributed by atoms with Crippen LogP contribution in [0.15, 0.2) is 12.1 Å². The van der Waals surface area contributed by atoms with Crippen molar-refractivity contribution in [2.24, 2.45) is 0 Å². The molecule has 0 bridgehead atoms. The lowest BCUT2D eigenvalue weighted by Crippen LogP contribution is -1.90. The highest BCUT2D eigenvalue weighted by molar-refractivity contribution is 6.31. The second kappa shape index (κ2) is 2.87. The average Bonchev–Trinajstić information content (AvgIpc) is 2.50. The minimum absolute atomic E-state index is 0.722. The monoisotopic (exact) mass is 183 g/mol. The van der Waals surface area contributed by atoms with Crippen molar-refractivity contribution in [2.75, 3.05) is 19.0 Å². The number of fused-ring (bicyclic) bond motifs is 1. The number of nitrogens with one attached hydrogen (secondary N) is 1. The number of hydrogen-bond donors (Lipinski definition) is 1. The normalized spacial score (nSPS) is 13.8. The molecule has 0 saturated carbocycles. The minimum Gasteiger partial charge on any atom is -0.496 e. The number of methoxy groups -OCH3 is 1. The van der Waals surface area contributed by atoms with Crippen LogP contribution in [0.4, 0.5) is 5.69 Å². The third kappa shape index (κ3) is 1.12. The van der Waals surface area contributed by atoms with Gasteiger partial charge in [-0.25, -0.2) is 0 Å². The van der Waals surface area contributed by atoms with Crippen LogP contribution in [-0.2, 0) is 6.42 Å². The van der Waals surface area contributed by atoms with E-state index in [0.717, 1.165) is 29.4 Å². The van der Waals surface area contributed by atoms with Crippen LogP contribution >= 0.6 is 11.6 Å². The number of anilines is 1. The average molecular weight is 184 g/mol. The Morgan fingerprint density at radius 3 is 3.08 bits per heavy atom. The van der Waals surface area contributed by atoms with Gasteiger partial charge in [-0.3, -0.25) is 0 Å². The van der Waals surface area contributed by atoms with Crippen molar-refractivity contribution in [2.45, 2.75) is 6.42 Å². The number of ether oxygens (including phenoxy) is 1. The topological polar surface area (TPSA) is 21.3 Å². The predicted octanol–water partition coefficient (Wildman–Crippen LogP) is 2.32. The third-order valence-corrected chi connectivity index (χ3v) is 2.30. The van der Waals surface area contributed by atoms with Crippen LogP contribution in [-0.4, -0.2) is 13.7 Å². The van der Waals surface area contributed by atoms with Crippen LogP contribution in [0.25, 0.3) is 0 Å². The molecule has 3 heteroatoms. The van der Waals surface area contributed by atoms with E-state index in [2.05, 4.69) is 5.32 Å². The molecular weight excluding hydrogens is 174 g/mol. The van der Waals surface area contributed by atoms with E-state index in [1.54, 1.807) is 7.11 Å². The molecule has 0 radical (unpaired) electrons. The number of rotatable bonds is 1. The van der Waals surface area contributed by atoms with E-state index in [9.17, 15) is 0 Å². The Morgan fingerprint density at radius 1 is 1.50 bits per heavy atom. The SMILES string of the molecule is COc1cc(Cl)cc2c1CCN2. The first-order chi connectivity index (χ1) is 5.81. The van der Waals surface area contributed by atoms with Gasteiger partial charge >= 0.3 is 0 Å². The first-order valence-electron chi connectivity index (χ1n) is 3.91. The molecule has 2 rings (SSSR count). The van der Waals surface area contributed by atoms with Crippen LogP contribution in [0.2, 0.25) is 5.02 Å². The summed E-state index contributed by atoms with van der Waals surface area (Å²) >= 11 is 5.89. The van der Waals surface area contributed by atoms with E-state index in [-0.39, 0.29) is 0 Å². The Labute approximate surface area is 76.5 Å². The zero-order chi connectivity index (χ0) is 8.55. The second-order valence-corrected chi connectivity index (χ2v) is 3.25. The Kier molecular flexibility index (Phi) is 1.85. The van der Waals surface area contributed by atoms with Gasteiger partial charge in [-0.05, 0) is 18.6 Å². The highest BCUT2D eigenvalue weighted by Gasteiger charge is 2.15. The summed E-state index contributed by atoms with van der Waals surface area (Å²) in [5, 5.41) is 3.97. The van der Waals surface area contributed by atoms with Crippen LogP contribution in [0.5, 0.6) is 5.75 Å². The fourth-order valence-corrected chi connectivity index (χ4v) is 1.74. The molecule has 0 aliphatic carbocycles.